The van der Waals surface area contributed by atoms with Crippen molar-refractivity contribution in [3.8, 4) is 0 Å². The predicted molar refractivity (Wildman–Crippen MR) is 74.8 cm³/mol. The fourth-order valence-electron chi connectivity index (χ4n) is 1.90. The minimum Gasteiger partial charge on any atom is -0.411 e. The van der Waals surface area contributed by atoms with Gasteiger partial charge < -0.3 is 9.53 Å². The predicted octanol–water partition coefficient (Wildman–Crippen LogP) is 1.83. The molecule has 1 aromatic rings. The molecule has 0 spiro atoms. The highest BCUT2D eigenvalue weighted by molar-refractivity contribution is 6.46. The molecule has 0 saturated heterocycles. The summed E-state index contributed by atoms with van der Waals surface area (Å²) in [6.07, 6.45) is 5.88. The summed E-state index contributed by atoms with van der Waals surface area (Å²) in [6.45, 7) is 4.41. The second kappa shape index (κ2) is 5.65. The molecule has 1 aromatic carbocycles. The number of allylic oxidation sites excluding steroid dienone is 2. The van der Waals surface area contributed by atoms with Crippen LogP contribution in [-0.4, -0.2) is 27.1 Å². The van der Waals surface area contributed by atoms with Gasteiger partial charge in [0.25, 0.3) is 9.76 Å². The second-order valence-corrected chi connectivity index (χ2v) is 5.93. The first-order valence-corrected chi connectivity index (χ1v) is 7.01. The lowest BCUT2D eigenvalue weighted by molar-refractivity contribution is 0.0435. The highest BCUT2D eigenvalue weighted by Crippen LogP contribution is 2.26. The van der Waals surface area contributed by atoms with Crippen LogP contribution in [0.1, 0.15) is 13.8 Å². The summed E-state index contributed by atoms with van der Waals surface area (Å²) in [4.78, 5) is 0. The quantitative estimate of drug-likeness (QED) is 0.835. The molecular weight excluding hydrogens is 240 g/mol. The van der Waals surface area contributed by atoms with Crippen molar-refractivity contribution in [3.05, 3.63) is 54.1 Å². The fraction of sp³-hybridized carbons (Fsp3) is 0.333. The molecule has 0 heterocycles. The van der Waals surface area contributed by atoms with E-state index in [1.54, 1.807) is 0 Å². The standard InChI is InChI=1S/C15H18O2Si/c1-12-8-9-15(2,16)13(10-12)11-17-18-14-6-4-3-5-7-14/h3-10,13,16H,11H2,1-2H3. The topological polar surface area (TPSA) is 29.5 Å². The molecule has 18 heavy (non-hydrogen) atoms. The number of aliphatic hydroxyl groups is 1. The van der Waals surface area contributed by atoms with Crippen molar-refractivity contribution in [1.82, 2.24) is 0 Å². The zero-order chi connectivity index (χ0) is 13.0. The molecule has 0 aliphatic heterocycles. The Morgan fingerprint density at radius 3 is 2.78 bits per heavy atom. The molecule has 0 fully saturated rings. The Hall–Kier alpha value is -1.16. The molecule has 0 aromatic heterocycles. The van der Waals surface area contributed by atoms with Crippen LogP contribution in [0.15, 0.2) is 54.1 Å². The molecule has 1 N–H and O–H groups in total. The lowest BCUT2D eigenvalue weighted by Gasteiger charge is -2.31. The third kappa shape index (κ3) is 3.42. The van der Waals surface area contributed by atoms with Crippen molar-refractivity contribution in [2.45, 2.75) is 19.4 Å². The maximum absolute atomic E-state index is 10.2. The van der Waals surface area contributed by atoms with Crippen LogP contribution in [0.3, 0.4) is 0 Å². The van der Waals surface area contributed by atoms with E-state index < -0.39 is 5.60 Å². The van der Waals surface area contributed by atoms with Gasteiger partial charge in [-0.25, -0.2) is 0 Å². The molecule has 0 bridgehead atoms. The first-order chi connectivity index (χ1) is 8.58. The first kappa shape index (κ1) is 13.3. The summed E-state index contributed by atoms with van der Waals surface area (Å²) in [5.74, 6) is 0.0266. The van der Waals surface area contributed by atoms with E-state index >= 15 is 0 Å². The van der Waals surface area contributed by atoms with Crippen molar-refractivity contribution >= 4 is 14.9 Å². The number of hydrogen-bond acceptors (Lipinski definition) is 2. The Morgan fingerprint density at radius 2 is 2.06 bits per heavy atom. The van der Waals surface area contributed by atoms with E-state index in [2.05, 4.69) is 18.2 Å². The largest absolute Gasteiger partial charge is 0.411 e. The zero-order valence-electron chi connectivity index (χ0n) is 10.8. The minimum absolute atomic E-state index is 0.0266. The average Bonchev–Trinajstić information content (AvgIpc) is 2.35. The summed E-state index contributed by atoms with van der Waals surface area (Å²) < 4.78 is 5.73. The molecule has 2 nitrogen and oxygen atoms in total. The molecule has 2 radical (unpaired) electrons. The molecule has 3 heteroatoms. The van der Waals surface area contributed by atoms with Crippen LogP contribution in [-0.2, 0) is 4.43 Å². The summed E-state index contributed by atoms with van der Waals surface area (Å²) in [6, 6.07) is 10.1. The van der Waals surface area contributed by atoms with Gasteiger partial charge >= 0.3 is 0 Å². The van der Waals surface area contributed by atoms with Crippen molar-refractivity contribution in [2.24, 2.45) is 5.92 Å². The van der Waals surface area contributed by atoms with Gasteiger partial charge in [-0.15, -0.1) is 0 Å². The van der Waals surface area contributed by atoms with Crippen LogP contribution in [0, 0.1) is 5.92 Å². The van der Waals surface area contributed by atoms with E-state index in [4.69, 9.17) is 4.43 Å². The third-order valence-electron chi connectivity index (χ3n) is 3.13. The fourth-order valence-corrected chi connectivity index (χ4v) is 2.66. The van der Waals surface area contributed by atoms with E-state index in [0.717, 1.165) is 0 Å². The maximum atomic E-state index is 10.2. The van der Waals surface area contributed by atoms with Crippen molar-refractivity contribution < 1.29 is 9.53 Å². The Kier molecular flexibility index (Phi) is 4.17. The van der Waals surface area contributed by atoms with Crippen molar-refractivity contribution in [1.29, 1.82) is 0 Å². The summed E-state index contributed by atoms with van der Waals surface area (Å²) in [5.41, 5.74) is 0.374. The summed E-state index contributed by atoms with van der Waals surface area (Å²) in [5, 5.41) is 11.4. The minimum atomic E-state index is -0.805. The Balaban J connectivity index is 1.88. The summed E-state index contributed by atoms with van der Waals surface area (Å²) >= 11 is 0. The Morgan fingerprint density at radius 1 is 1.33 bits per heavy atom. The lowest BCUT2D eigenvalue weighted by Crippen LogP contribution is -2.37. The molecule has 2 rings (SSSR count). The van der Waals surface area contributed by atoms with Crippen LogP contribution >= 0.6 is 0 Å². The van der Waals surface area contributed by atoms with Gasteiger partial charge in [0.1, 0.15) is 0 Å². The molecule has 1 aliphatic carbocycles. The van der Waals surface area contributed by atoms with Crippen LogP contribution < -0.4 is 5.19 Å². The van der Waals surface area contributed by atoms with Crippen LogP contribution in [0.5, 0.6) is 0 Å². The molecule has 2 unspecified atom stereocenters. The van der Waals surface area contributed by atoms with Gasteiger partial charge in [0.05, 0.1) is 5.60 Å². The number of hydrogen-bond donors (Lipinski definition) is 1. The van der Waals surface area contributed by atoms with Gasteiger partial charge in [-0.3, -0.25) is 0 Å². The smallest absolute Gasteiger partial charge is 0.268 e. The maximum Gasteiger partial charge on any atom is 0.268 e. The van der Waals surface area contributed by atoms with Crippen LogP contribution in [0.4, 0.5) is 0 Å². The number of rotatable bonds is 4. The first-order valence-electron chi connectivity index (χ1n) is 6.11. The van der Waals surface area contributed by atoms with Gasteiger partial charge in [-0.1, -0.05) is 54.1 Å². The number of benzene rings is 1. The molecule has 0 saturated carbocycles. The molecule has 1 aliphatic rings. The monoisotopic (exact) mass is 258 g/mol. The van der Waals surface area contributed by atoms with Gasteiger partial charge in [0, 0.05) is 12.5 Å². The highest BCUT2D eigenvalue weighted by atomic mass is 28.2. The molecular formula is C15H18O2Si. The average molecular weight is 258 g/mol. The van der Waals surface area contributed by atoms with Gasteiger partial charge in [-0.2, -0.15) is 0 Å². The summed E-state index contributed by atoms with van der Waals surface area (Å²) in [7, 11) is 0.333. The van der Waals surface area contributed by atoms with Crippen molar-refractivity contribution in [3.63, 3.8) is 0 Å². The third-order valence-corrected chi connectivity index (χ3v) is 4.01. The van der Waals surface area contributed by atoms with Gasteiger partial charge in [-0.05, 0) is 19.0 Å². The van der Waals surface area contributed by atoms with E-state index in [-0.39, 0.29) is 5.92 Å². The zero-order valence-corrected chi connectivity index (χ0v) is 11.8. The van der Waals surface area contributed by atoms with Gasteiger partial charge in [0.15, 0.2) is 0 Å². The van der Waals surface area contributed by atoms with E-state index in [1.165, 1.54) is 10.8 Å². The van der Waals surface area contributed by atoms with Crippen LogP contribution in [0.2, 0.25) is 0 Å². The second-order valence-electron chi connectivity index (χ2n) is 4.86. The van der Waals surface area contributed by atoms with Gasteiger partial charge in [0.2, 0.25) is 0 Å². The van der Waals surface area contributed by atoms with E-state index in [1.807, 2.05) is 44.2 Å². The lowest BCUT2D eigenvalue weighted by atomic mass is 9.84. The Bertz CT molecular complexity index is 449. The molecule has 2 atom stereocenters. The molecule has 0 amide bonds. The highest BCUT2D eigenvalue weighted by Gasteiger charge is 2.29. The normalized spacial score (nSPS) is 27.1. The van der Waals surface area contributed by atoms with Crippen LogP contribution in [0.25, 0.3) is 0 Å². The SMILES string of the molecule is CC1=CC(CO[Si]c2ccccc2)C(C)(O)C=C1. The van der Waals surface area contributed by atoms with E-state index in [0.29, 0.717) is 16.4 Å². The molecule has 94 valence electrons. The van der Waals surface area contributed by atoms with E-state index in [9.17, 15) is 5.11 Å². The Labute approximate surface area is 111 Å². The van der Waals surface area contributed by atoms with Crippen molar-refractivity contribution in [2.75, 3.05) is 6.61 Å².